The Morgan fingerprint density at radius 2 is 2.16 bits per heavy atom. The van der Waals surface area contributed by atoms with Crippen LogP contribution in [0.1, 0.15) is 62.6 Å². The quantitative estimate of drug-likeness (QED) is 0.625. The van der Waals surface area contributed by atoms with Gasteiger partial charge in [-0.1, -0.05) is 32.6 Å². The van der Waals surface area contributed by atoms with Crippen LogP contribution in [-0.4, -0.2) is 17.6 Å². The second-order valence-corrected chi connectivity index (χ2v) is 6.30. The second-order valence-electron chi connectivity index (χ2n) is 5.35. The molecule has 0 aliphatic heterocycles. The Bertz CT molecular complexity index is 350. The Balaban J connectivity index is 1.50. The van der Waals surface area contributed by atoms with E-state index in [1.165, 1.54) is 50.0 Å². The third-order valence-electron chi connectivity index (χ3n) is 3.36. The van der Waals surface area contributed by atoms with E-state index >= 15 is 0 Å². The maximum atomic E-state index is 5.67. The lowest BCUT2D eigenvalue weighted by Gasteiger charge is -2.02. The zero-order valence-corrected chi connectivity index (χ0v) is 12.8. The summed E-state index contributed by atoms with van der Waals surface area (Å²) in [5, 5.41) is 6.80. The molecule has 2 rings (SSSR count). The molecule has 0 bridgehead atoms. The van der Waals surface area contributed by atoms with Crippen LogP contribution in [0, 0.1) is 0 Å². The summed E-state index contributed by atoms with van der Waals surface area (Å²) < 4.78 is 5.67. The zero-order valence-electron chi connectivity index (χ0n) is 12.0. The first-order chi connectivity index (χ1) is 9.38. The SMILES string of the molecule is CCCCCCCOCc1csc(CNC2CC2)n1. The van der Waals surface area contributed by atoms with Gasteiger partial charge in [0.15, 0.2) is 0 Å². The lowest BCUT2D eigenvalue weighted by molar-refractivity contribution is 0.114. The minimum absolute atomic E-state index is 0.674. The maximum Gasteiger partial charge on any atom is 0.107 e. The molecule has 0 aromatic carbocycles. The van der Waals surface area contributed by atoms with Gasteiger partial charge < -0.3 is 10.1 Å². The molecule has 0 unspecified atom stereocenters. The van der Waals surface area contributed by atoms with Crippen LogP contribution in [0.3, 0.4) is 0 Å². The number of rotatable bonds is 11. The summed E-state index contributed by atoms with van der Waals surface area (Å²) in [6.45, 7) is 4.71. The molecule has 4 heteroatoms. The summed E-state index contributed by atoms with van der Waals surface area (Å²) >= 11 is 1.74. The monoisotopic (exact) mass is 282 g/mol. The minimum atomic E-state index is 0.674. The van der Waals surface area contributed by atoms with Crippen molar-refractivity contribution in [3.8, 4) is 0 Å². The van der Waals surface area contributed by atoms with Gasteiger partial charge >= 0.3 is 0 Å². The normalized spacial score (nSPS) is 15.0. The van der Waals surface area contributed by atoms with Crippen molar-refractivity contribution >= 4 is 11.3 Å². The first kappa shape index (κ1) is 14.9. The van der Waals surface area contributed by atoms with E-state index in [0.717, 1.165) is 24.9 Å². The highest BCUT2D eigenvalue weighted by Gasteiger charge is 2.20. The molecule has 0 saturated heterocycles. The Morgan fingerprint density at radius 1 is 1.32 bits per heavy atom. The Kier molecular flexibility index (Phi) is 6.82. The van der Waals surface area contributed by atoms with Crippen molar-refractivity contribution in [2.24, 2.45) is 0 Å². The van der Waals surface area contributed by atoms with E-state index < -0.39 is 0 Å². The summed E-state index contributed by atoms with van der Waals surface area (Å²) in [4.78, 5) is 4.59. The molecule has 0 atom stereocenters. The molecule has 1 aliphatic carbocycles. The van der Waals surface area contributed by atoms with Crippen molar-refractivity contribution in [3.05, 3.63) is 16.1 Å². The predicted molar refractivity (Wildman–Crippen MR) is 80.4 cm³/mol. The van der Waals surface area contributed by atoms with Crippen LogP contribution < -0.4 is 5.32 Å². The molecule has 0 spiro atoms. The molecule has 1 aliphatic rings. The third kappa shape index (κ3) is 6.50. The molecule has 19 heavy (non-hydrogen) atoms. The van der Waals surface area contributed by atoms with Crippen LogP contribution in [0.2, 0.25) is 0 Å². The van der Waals surface area contributed by atoms with Gasteiger partial charge in [0.05, 0.1) is 12.3 Å². The predicted octanol–water partition coefficient (Wildman–Crippen LogP) is 3.88. The summed E-state index contributed by atoms with van der Waals surface area (Å²) in [6, 6.07) is 0.756. The smallest absolute Gasteiger partial charge is 0.107 e. The standard InChI is InChI=1S/C15H26N2OS/c1-2-3-4-5-6-9-18-11-14-12-19-15(17-14)10-16-13-7-8-13/h12-13,16H,2-11H2,1H3. The van der Waals surface area contributed by atoms with E-state index in [1.807, 2.05) is 0 Å². The van der Waals surface area contributed by atoms with Gasteiger partial charge in [-0.15, -0.1) is 11.3 Å². The first-order valence-electron chi connectivity index (χ1n) is 7.63. The zero-order chi connectivity index (χ0) is 13.3. The Hall–Kier alpha value is -0.450. The average Bonchev–Trinajstić information content (AvgIpc) is 3.15. The number of aromatic nitrogens is 1. The van der Waals surface area contributed by atoms with E-state index in [4.69, 9.17) is 4.74 Å². The van der Waals surface area contributed by atoms with Crippen LogP contribution in [-0.2, 0) is 17.9 Å². The van der Waals surface area contributed by atoms with Crippen LogP contribution in [0.25, 0.3) is 0 Å². The number of ether oxygens (including phenoxy) is 1. The van der Waals surface area contributed by atoms with Gasteiger partial charge in [-0.2, -0.15) is 0 Å². The van der Waals surface area contributed by atoms with Crippen molar-refractivity contribution in [1.29, 1.82) is 0 Å². The largest absolute Gasteiger partial charge is 0.375 e. The van der Waals surface area contributed by atoms with Crippen LogP contribution in [0.5, 0.6) is 0 Å². The molecule has 0 radical (unpaired) electrons. The summed E-state index contributed by atoms with van der Waals surface area (Å²) in [5.41, 5.74) is 1.09. The average molecular weight is 282 g/mol. The van der Waals surface area contributed by atoms with E-state index in [0.29, 0.717) is 6.61 Å². The lowest BCUT2D eigenvalue weighted by Crippen LogP contribution is -2.15. The maximum absolute atomic E-state index is 5.67. The van der Waals surface area contributed by atoms with Crippen molar-refractivity contribution in [1.82, 2.24) is 10.3 Å². The fourth-order valence-corrected chi connectivity index (χ4v) is 2.73. The van der Waals surface area contributed by atoms with Gasteiger partial charge in [-0.25, -0.2) is 4.98 Å². The topological polar surface area (TPSA) is 34.1 Å². The van der Waals surface area contributed by atoms with Gasteiger partial charge in [-0.3, -0.25) is 0 Å². The number of nitrogens with one attached hydrogen (secondary N) is 1. The number of hydrogen-bond donors (Lipinski definition) is 1. The number of hydrogen-bond acceptors (Lipinski definition) is 4. The van der Waals surface area contributed by atoms with Gasteiger partial charge in [0.25, 0.3) is 0 Å². The van der Waals surface area contributed by atoms with Gasteiger partial charge in [0.1, 0.15) is 5.01 Å². The third-order valence-corrected chi connectivity index (χ3v) is 4.26. The van der Waals surface area contributed by atoms with Crippen molar-refractivity contribution in [2.75, 3.05) is 6.61 Å². The summed E-state index contributed by atoms with van der Waals surface area (Å²) in [5.74, 6) is 0. The van der Waals surface area contributed by atoms with Gasteiger partial charge in [0.2, 0.25) is 0 Å². The molecule has 0 amide bonds. The van der Waals surface area contributed by atoms with Gasteiger partial charge in [-0.05, 0) is 19.3 Å². The van der Waals surface area contributed by atoms with E-state index in [9.17, 15) is 0 Å². The van der Waals surface area contributed by atoms with E-state index in [-0.39, 0.29) is 0 Å². The van der Waals surface area contributed by atoms with Crippen LogP contribution in [0.4, 0.5) is 0 Å². The number of thiazole rings is 1. The molecule has 1 aromatic rings. The van der Waals surface area contributed by atoms with Gasteiger partial charge in [0, 0.05) is 24.6 Å². The fraction of sp³-hybridized carbons (Fsp3) is 0.800. The van der Waals surface area contributed by atoms with Crippen LogP contribution in [0.15, 0.2) is 5.38 Å². The molecule has 1 fully saturated rings. The van der Waals surface area contributed by atoms with Crippen LogP contribution >= 0.6 is 11.3 Å². The summed E-state index contributed by atoms with van der Waals surface area (Å²) in [7, 11) is 0. The van der Waals surface area contributed by atoms with E-state index in [2.05, 4.69) is 22.6 Å². The van der Waals surface area contributed by atoms with E-state index in [1.54, 1.807) is 11.3 Å². The molecule has 108 valence electrons. The van der Waals surface area contributed by atoms with Crippen molar-refractivity contribution < 1.29 is 4.74 Å². The number of unbranched alkanes of at least 4 members (excludes halogenated alkanes) is 4. The first-order valence-corrected chi connectivity index (χ1v) is 8.51. The Morgan fingerprint density at radius 3 is 2.95 bits per heavy atom. The second kappa shape index (κ2) is 8.67. The Labute approximate surface area is 120 Å². The molecule has 1 saturated carbocycles. The molecule has 3 nitrogen and oxygen atoms in total. The highest BCUT2D eigenvalue weighted by atomic mass is 32.1. The molecular weight excluding hydrogens is 256 g/mol. The molecule has 1 heterocycles. The minimum Gasteiger partial charge on any atom is -0.375 e. The number of nitrogens with zero attached hydrogens (tertiary/aromatic N) is 1. The molecular formula is C15H26N2OS. The fourth-order valence-electron chi connectivity index (χ4n) is 2.00. The lowest BCUT2D eigenvalue weighted by atomic mass is 10.2. The summed E-state index contributed by atoms with van der Waals surface area (Å²) in [6.07, 6.45) is 9.13. The molecule has 1 N–H and O–H groups in total. The highest BCUT2D eigenvalue weighted by molar-refractivity contribution is 7.09. The molecule has 1 aromatic heterocycles. The van der Waals surface area contributed by atoms with Crippen molar-refractivity contribution in [3.63, 3.8) is 0 Å². The highest BCUT2D eigenvalue weighted by Crippen LogP contribution is 2.20. The van der Waals surface area contributed by atoms with Crippen molar-refractivity contribution in [2.45, 2.75) is 71.1 Å².